The van der Waals surface area contributed by atoms with Gasteiger partial charge in [-0.2, -0.15) is 0 Å². The molecule has 0 aromatic rings. The summed E-state index contributed by atoms with van der Waals surface area (Å²) in [6.07, 6.45) is 6.33. The molecular weight excluding hydrogens is 140 g/mol. The Labute approximate surface area is 68.1 Å². The zero-order valence-corrected chi connectivity index (χ0v) is 7.92. The smallest absolute Gasteiger partial charge is 0.0131 e. The van der Waals surface area contributed by atoms with Crippen LogP contribution in [0.5, 0.6) is 0 Å². The van der Waals surface area contributed by atoms with Crippen molar-refractivity contribution < 1.29 is 0 Å². The van der Waals surface area contributed by atoms with Gasteiger partial charge in [0, 0.05) is 0 Å². The van der Waals surface area contributed by atoms with E-state index in [0.717, 1.165) is 5.92 Å². The van der Waals surface area contributed by atoms with Gasteiger partial charge in [-0.3, -0.25) is 0 Å². The summed E-state index contributed by atoms with van der Waals surface area (Å²) in [5.74, 6) is 0.837. The largest absolute Gasteiger partial charge is 0.134 e. The van der Waals surface area contributed by atoms with Crippen molar-refractivity contribution >= 4 is 11.8 Å². The van der Waals surface area contributed by atoms with E-state index in [-0.39, 0.29) is 0 Å². The van der Waals surface area contributed by atoms with Crippen LogP contribution in [0.25, 0.3) is 0 Å². The molecule has 10 heavy (non-hydrogen) atoms. The van der Waals surface area contributed by atoms with Crippen molar-refractivity contribution in [1.82, 2.24) is 0 Å². The molecule has 0 aromatic carbocycles. The average molecular weight is 156 g/mol. The van der Waals surface area contributed by atoms with E-state index in [1.807, 2.05) is 11.8 Å². The van der Waals surface area contributed by atoms with Gasteiger partial charge in [-0.05, 0) is 43.3 Å². The molecule has 0 bridgehead atoms. The van der Waals surface area contributed by atoms with Crippen molar-refractivity contribution in [2.75, 3.05) is 6.26 Å². The highest BCUT2D eigenvalue weighted by Crippen LogP contribution is 2.35. The molecule has 0 heterocycles. The molecule has 0 aliphatic heterocycles. The second kappa shape index (κ2) is 3.47. The van der Waals surface area contributed by atoms with Gasteiger partial charge in [0.2, 0.25) is 0 Å². The fourth-order valence-electron chi connectivity index (χ4n) is 1.72. The van der Waals surface area contributed by atoms with Gasteiger partial charge in [0.25, 0.3) is 0 Å². The molecule has 58 valence electrons. The minimum Gasteiger partial charge on any atom is -0.134 e. The molecule has 0 nitrogen and oxygen atoms in total. The Balaban J connectivity index is 2.73. The second-order valence-corrected chi connectivity index (χ2v) is 3.99. The lowest BCUT2D eigenvalue weighted by Crippen LogP contribution is -2.04. The van der Waals surface area contributed by atoms with Crippen LogP contribution < -0.4 is 0 Å². The van der Waals surface area contributed by atoms with Gasteiger partial charge in [0.15, 0.2) is 0 Å². The Bertz CT molecular complexity index is 147. The molecule has 1 aliphatic carbocycles. The summed E-state index contributed by atoms with van der Waals surface area (Å²) in [5, 5.41) is 0. The van der Waals surface area contributed by atoms with Crippen LogP contribution in [-0.4, -0.2) is 6.26 Å². The second-order valence-electron chi connectivity index (χ2n) is 3.14. The first kappa shape index (κ1) is 8.19. The third-order valence-corrected chi connectivity index (χ3v) is 3.47. The lowest BCUT2D eigenvalue weighted by molar-refractivity contribution is 0.560. The summed E-state index contributed by atoms with van der Waals surface area (Å²) in [6.45, 7) is 4.62. The highest BCUT2D eigenvalue weighted by molar-refractivity contribution is 8.02. The molecule has 0 saturated carbocycles. The minimum absolute atomic E-state index is 0.837. The Morgan fingerprint density at radius 1 is 1.50 bits per heavy atom. The van der Waals surface area contributed by atoms with Gasteiger partial charge in [0.05, 0.1) is 0 Å². The molecule has 0 aromatic heterocycles. The first-order valence-electron chi connectivity index (χ1n) is 3.99. The van der Waals surface area contributed by atoms with Crippen LogP contribution in [0.2, 0.25) is 0 Å². The maximum Gasteiger partial charge on any atom is -0.0131 e. The van der Waals surface area contributed by atoms with Crippen molar-refractivity contribution in [3.8, 4) is 0 Å². The van der Waals surface area contributed by atoms with Gasteiger partial charge in [-0.15, -0.1) is 11.8 Å². The van der Waals surface area contributed by atoms with E-state index < -0.39 is 0 Å². The summed E-state index contributed by atoms with van der Waals surface area (Å²) < 4.78 is 0. The summed E-state index contributed by atoms with van der Waals surface area (Å²) in [6, 6.07) is 0. The summed E-state index contributed by atoms with van der Waals surface area (Å²) in [7, 11) is 0. The van der Waals surface area contributed by atoms with E-state index in [4.69, 9.17) is 0 Å². The van der Waals surface area contributed by atoms with E-state index in [2.05, 4.69) is 20.1 Å². The molecule has 0 fully saturated rings. The van der Waals surface area contributed by atoms with Gasteiger partial charge in [-0.1, -0.05) is 12.5 Å². The average Bonchev–Trinajstić information content (AvgIpc) is 1.88. The molecular formula is C9H16S. The fourth-order valence-corrected chi connectivity index (χ4v) is 2.69. The standard InChI is InChI=1S/C9H16S/c1-7-5-4-6-8(2)9(7)10-3/h7H,4-6H2,1-3H3. The monoisotopic (exact) mass is 156 g/mol. The van der Waals surface area contributed by atoms with Crippen LogP contribution in [0, 0.1) is 5.92 Å². The third-order valence-electron chi connectivity index (χ3n) is 2.28. The minimum atomic E-state index is 0.837. The lowest BCUT2D eigenvalue weighted by Gasteiger charge is -2.22. The SMILES string of the molecule is CSC1=C(C)CCCC1C. The zero-order valence-electron chi connectivity index (χ0n) is 7.11. The highest BCUT2D eigenvalue weighted by atomic mass is 32.2. The van der Waals surface area contributed by atoms with Crippen LogP contribution in [0.4, 0.5) is 0 Å². The van der Waals surface area contributed by atoms with Crippen LogP contribution in [0.1, 0.15) is 33.1 Å². The normalized spacial score (nSPS) is 27.3. The Morgan fingerprint density at radius 3 is 2.60 bits per heavy atom. The molecule has 1 aliphatic rings. The van der Waals surface area contributed by atoms with Crippen molar-refractivity contribution in [3.63, 3.8) is 0 Å². The van der Waals surface area contributed by atoms with E-state index >= 15 is 0 Å². The van der Waals surface area contributed by atoms with E-state index in [1.165, 1.54) is 19.3 Å². The van der Waals surface area contributed by atoms with Gasteiger partial charge in [0.1, 0.15) is 0 Å². The molecule has 0 N–H and O–H groups in total. The third kappa shape index (κ3) is 1.57. The number of hydrogen-bond donors (Lipinski definition) is 0. The highest BCUT2D eigenvalue weighted by Gasteiger charge is 2.15. The van der Waals surface area contributed by atoms with Crippen LogP contribution in [0.3, 0.4) is 0 Å². The van der Waals surface area contributed by atoms with Gasteiger partial charge >= 0.3 is 0 Å². The quantitative estimate of drug-likeness (QED) is 0.560. The Morgan fingerprint density at radius 2 is 2.20 bits per heavy atom. The summed E-state index contributed by atoms with van der Waals surface area (Å²) >= 11 is 1.94. The van der Waals surface area contributed by atoms with Crippen LogP contribution >= 0.6 is 11.8 Å². The zero-order chi connectivity index (χ0) is 7.56. The number of rotatable bonds is 1. The van der Waals surface area contributed by atoms with Crippen molar-refractivity contribution in [3.05, 3.63) is 10.5 Å². The predicted molar refractivity (Wildman–Crippen MR) is 49.2 cm³/mol. The van der Waals surface area contributed by atoms with Crippen molar-refractivity contribution in [2.24, 2.45) is 5.92 Å². The maximum absolute atomic E-state index is 2.34. The number of thioether (sulfide) groups is 1. The molecule has 1 heteroatoms. The van der Waals surface area contributed by atoms with Crippen molar-refractivity contribution in [1.29, 1.82) is 0 Å². The lowest BCUT2D eigenvalue weighted by atomic mass is 9.92. The maximum atomic E-state index is 2.34. The van der Waals surface area contributed by atoms with Gasteiger partial charge < -0.3 is 0 Å². The molecule has 0 spiro atoms. The summed E-state index contributed by atoms with van der Waals surface area (Å²) in [4.78, 5) is 1.64. The first-order chi connectivity index (χ1) is 4.75. The van der Waals surface area contributed by atoms with E-state index in [0.29, 0.717) is 0 Å². The number of allylic oxidation sites excluding steroid dienone is 2. The Hall–Kier alpha value is 0.0900. The molecule has 1 rings (SSSR count). The van der Waals surface area contributed by atoms with Crippen LogP contribution in [0.15, 0.2) is 10.5 Å². The molecule has 0 radical (unpaired) electrons. The topological polar surface area (TPSA) is 0 Å². The van der Waals surface area contributed by atoms with Crippen LogP contribution in [-0.2, 0) is 0 Å². The van der Waals surface area contributed by atoms with E-state index in [9.17, 15) is 0 Å². The van der Waals surface area contributed by atoms with Crippen molar-refractivity contribution in [2.45, 2.75) is 33.1 Å². The molecule has 1 unspecified atom stereocenters. The first-order valence-corrected chi connectivity index (χ1v) is 5.21. The van der Waals surface area contributed by atoms with Gasteiger partial charge in [-0.25, -0.2) is 0 Å². The predicted octanol–water partition coefficient (Wildman–Crippen LogP) is 3.44. The number of hydrogen-bond acceptors (Lipinski definition) is 1. The molecule has 0 amide bonds. The Kier molecular flexibility index (Phi) is 2.84. The fraction of sp³-hybridized carbons (Fsp3) is 0.778. The molecule has 0 saturated heterocycles. The van der Waals surface area contributed by atoms with E-state index in [1.54, 1.807) is 10.5 Å². The summed E-state index contributed by atoms with van der Waals surface area (Å²) in [5.41, 5.74) is 1.63. The molecule has 1 atom stereocenters.